The molecule has 0 N–H and O–H groups in total. The monoisotopic (exact) mass is 493 g/mol. The summed E-state index contributed by atoms with van der Waals surface area (Å²) in [6.45, 7) is 5.46. The van der Waals surface area contributed by atoms with Crippen LogP contribution in [0.5, 0.6) is 11.8 Å². The summed E-state index contributed by atoms with van der Waals surface area (Å²) in [7, 11) is -1.87. The van der Waals surface area contributed by atoms with E-state index < -0.39 is 15.7 Å². The summed E-state index contributed by atoms with van der Waals surface area (Å²) in [5, 5.41) is 0.0281. The maximum Gasteiger partial charge on any atom is 0.322 e. The summed E-state index contributed by atoms with van der Waals surface area (Å²) in [5.41, 5.74) is 1.17. The zero-order valence-corrected chi connectivity index (χ0v) is 20.4. The fraction of sp³-hybridized carbons (Fsp3) is 0.348. The van der Waals surface area contributed by atoms with Gasteiger partial charge in [-0.1, -0.05) is 31.5 Å². The van der Waals surface area contributed by atoms with Gasteiger partial charge >= 0.3 is 6.01 Å². The highest BCUT2D eigenvalue weighted by Gasteiger charge is 2.19. The topological polar surface area (TPSA) is 91.1 Å². The highest BCUT2D eigenvalue weighted by Crippen LogP contribution is 2.33. The molecule has 1 aromatic carbocycles. The van der Waals surface area contributed by atoms with Crippen LogP contribution in [0, 0.1) is 18.7 Å². The zero-order chi connectivity index (χ0) is 24.3. The first-order chi connectivity index (χ1) is 15.4. The summed E-state index contributed by atoms with van der Waals surface area (Å²) in [6.07, 6.45) is 2.08. The molecule has 0 saturated carbocycles. The smallest absolute Gasteiger partial charge is 0.322 e. The van der Waals surface area contributed by atoms with Crippen LogP contribution in [0.1, 0.15) is 31.5 Å². The van der Waals surface area contributed by atoms with Crippen LogP contribution in [-0.4, -0.2) is 28.7 Å². The maximum atomic E-state index is 14.6. The Bertz CT molecular complexity index is 1340. The number of aromatic nitrogens is 3. The molecule has 3 aromatic rings. The van der Waals surface area contributed by atoms with Crippen molar-refractivity contribution in [2.45, 2.75) is 32.9 Å². The number of halogens is 2. The summed E-state index contributed by atoms with van der Waals surface area (Å²) in [4.78, 5) is 20.3. The van der Waals surface area contributed by atoms with Crippen LogP contribution < -0.4 is 10.3 Å². The summed E-state index contributed by atoms with van der Waals surface area (Å²) >= 11 is 6.11. The van der Waals surface area contributed by atoms with Gasteiger partial charge in [0.15, 0.2) is 21.4 Å². The molecule has 0 aliphatic heterocycles. The largest absolute Gasteiger partial charge is 0.420 e. The van der Waals surface area contributed by atoms with Gasteiger partial charge in [-0.2, -0.15) is 9.97 Å². The van der Waals surface area contributed by atoms with Gasteiger partial charge in [-0.25, -0.2) is 12.8 Å². The first kappa shape index (κ1) is 24.9. The molecule has 0 saturated heterocycles. The second-order valence-electron chi connectivity index (χ2n) is 8.28. The molecule has 0 bridgehead atoms. The summed E-state index contributed by atoms with van der Waals surface area (Å²) in [6, 6.07) is 7.21. The molecule has 0 fully saturated rings. The van der Waals surface area contributed by atoms with Crippen molar-refractivity contribution < 1.29 is 17.5 Å². The molecule has 33 heavy (non-hydrogen) atoms. The number of hydrogen-bond acceptors (Lipinski definition) is 6. The van der Waals surface area contributed by atoms with Crippen molar-refractivity contribution in [3.63, 3.8) is 0 Å². The Kier molecular flexibility index (Phi) is 7.54. The molecule has 0 spiro atoms. The highest BCUT2D eigenvalue weighted by atomic mass is 35.5. The van der Waals surface area contributed by atoms with E-state index >= 15 is 0 Å². The molecule has 0 aliphatic carbocycles. The Morgan fingerprint density at radius 2 is 1.91 bits per heavy atom. The van der Waals surface area contributed by atoms with Crippen LogP contribution in [-0.2, 0) is 22.6 Å². The lowest BCUT2D eigenvalue weighted by atomic mass is 10.2. The Balaban J connectivity index is 2.07. The van der Waals surface area contributed by atoms with Crippen LogP contribution in [0.25, 0.3) is 11.3 Å². The van der Waals surface area contributed by atoms with E-state index in [0.717, 1.165) is 0 Å². The molecule has 3 rings (SSSR count). The van der Waals surface area contributed by atoms with Gasteiger partial charge in [-0.05, 0) is 43.0 Å². The van der Waals surface area contributed by atoms with Crippen LogP contribution in [0.3, 0.4) is 0 Å². The minimum Gasteiger partial charge on any atom is -0.420 e. The third kappa shape index (κ3) is 6.39. The van der Waals surface area contributed by atoms with Crippen molar-refractivity contribution in [2.24, 2.45) is 13.0 Å². The quantitative estimate of drug-likeness (QED) is 0.452. The van der Waals surface area contributed by atoms with E-state index in [1.165, 1.54) is 28.8 Å². The molecule has 7 nitrogen and oxygen atoms in total. The van der Waals surface area contributed by atoms with Gasteiger partial charge in [0.25, 0.3) is 0 Å². The fourth-order valence-corrected chi connectivity index (χ4v) is 4.77. The standard InChI is InChI=1S/C23H25ClFN3O4S/c1-14(2)9-10-33(30,31)13-17-11-19(16-6-8-20(29)28(4)12-16)27-23(26-17)32-22-18(24)7-5-15(3)21(22)25/h5-8,11-12,14H,9-10,13H2,1-4H3. The van der Waals surface area contributed by atoms with Crippen molar-refractivity contribution in [1.82, 2.24) is 14.5 Å². The SMILES string of the molecule is Cc1ccc(Cl)c(Oc2nc(CS(=O)(=O)CCC(C)C)cc(-c3ccc(=O)n(C)c3)n2)c1F. The number of ether oxygens (including phenoxy) is 1. The van der Waals surface area contributed by atoms with Gasteiger partial charge in [-0.3, -0.25) is 4.79 Å². The molecule has 10 heteroatoms. The highest BCUT2D eigenvalue weighted by molar-refractivity contribution is 7.90. The second kappa shape index (κ2) is 10.0. The van der Waals surface area contributed by atoms with Crippen molar-refractivity contribution in [3.05, 3.63) is 69.0 Å². The molecular formula is C23H25ClFN3O4S. The number of pyridine rings is 1. The number of rotatable bonds is 8. The predicted molar refractivity (Wildman–Crippen MR) is 126 cm³/mol. The fourth-order valence-electron chi connectivity index (χ4n) is 3.01. The molecular weight excluding hydrogens is 469 g/mol. The van der Waals surface area contributed by atoms with Gasteiger partial charge in [0, 0.05) is 24.9 Å². The van der Waals surface area contributed by atoms with E-state index in [1.54, 1.807) is 26.2 Å². The molecule has 0 aliphatic rings. The Morgan fingerprint density at radius 3 is 2.58 bits per heavy atom. The number of nitrogens with zero attached hydrogens (tertiary/aromatic N) is 3. The minimum absolute atomic E-state index is 0.0123. The van der Waals surface area contributed by atoms with Gasteiger partial charge < -0.3 is 9.30 Å². The normalized spacial score (nSPS) is 11.7. The van der Waals surface area contributed by atoms with Crippen LogP contribution in [0.15, 0.2) is 41.3 Å². The van der Waals surface area contributed by atoms with Crippen LogP contribution >= 0.6 is 11.6 Å². The minimum atomic E-state index is -3.46. The van der Waals surface area contributed by atoms with E-state index in [4.69, 9.17) is 16.3 Å². The van der Waals surface area contributed by atoms with Crippen LogP contribution in [0.4, 0.5) is 4.39 Å². The Morgan fingerprint density at radius 1 is 1.18 bits per heavy atom. The number of sulfone groups is 1. The third-order valence-electron chi connectivity index (χ3n) is 4.95. The second-order valence-corrected chi connectivity index (χ2v) is 10.9. The third-order valence-corrected chi connectivity index (χ3v) is 6.84. The molecule has 176 valence electrons. The molecule has 2 heterocycles. The number of benzene rings is 1. The summed E-state index contributed by atoms with van der Waals surface area (Å²) in [5.74, 6) is -0.996. The first-order valence-electron chi connectivity index (χ1n) is 10.3. The Hall–Kier alpha value is -2.78. The van der Waals surface area contributed by atoms with Crippen molar-refractivity contribution >= 4 is 21.4 Å². The molecule has 0 amide bonds. The summed E-state index contributed by atoms with van der Waals surface area (Å²) < 4.78 is 46.9. The number of hydrogen-bond donors (Lipinski definition) is 0. The zero-order valence-electron chi connectivity index (χ0n) is 18.8. The predicted octanol–water partition coefficient (Wildman–Crippen LogP) is 4.70. The first-order valence-corrected chi connectivity index (χ1v) is 12.5. The van der Waals surface area contributed by atoms with Gasteiger partial charge in [-0.15, -0.1) is 0 Å². The van der Waals surface area contributed by atoms with Crippen molar-refractivity contribution in [1.29, 1.82) is 0 Å². The Labute approximate surface area is 197 Å². The van der Waals surface area contributed by atoms with Crippen molar-refractivity contribution in [2.75, 3.05) is 5.75 Å². The van der Waals surface area contributed by atoms with Gasteiger partial charge in [0.1, 0.15) is 0 Å². The van der Waals surface area contributed by atoms with E-state index in [9.17, 15) is 17.6 Å². The van der Waals surface area contributed by atoms with E-state index in [1.807, 2.05) is 13.8 Å². The van der Waals surface area contributed by atoms with Gasteiger partial charge in [0.2, 0.25) is 5.56 Å². The lowest BCUT2D eigenvalue weighted by Gasteiger charge is -2.12. The van der Waals surface area contributed by atoms with E-state index in [0.29, 0.717) is 23.2 Å². The van der Waals surface area contributed by atoms with E-state index in [2.05, 4.69) is 9.97 Å². The van der Waals surface area contributed by atoms with Gasteiger partial charge in [0.05, 0.1) is 27.9 Å². The van der Waals surface area contributed by atoms with Crippen LogP contribution in [0.2, 0.25) is 5.02 Å². The average Bonchev–Trinajstić information content (AvgIpc) is 2.74. The molecule has 0 unspecified atom stereocenters. The lowest BCUT2D eigenvalue weighted by Crippen LogP contribution is -2.15. The van der Waals surface area contributed by atoms with Crippen molar-refractivity contribution in [3.8, 4) is 23.0 Å². The molecule has 0 atom stereocenters. The lowest BCUT2D eigenvalue weighted by molar-refractivity contribution is 0.409. The molecule has 2 aromatic heterocycles. The number of aryl methyl sites for hydroxylation is 2. The average molecular weight is 494 g/mol. The van der Waals surface area contributed by atoms with E-state index in [-0.39, 0.29) is 45.5 Å². The maximum absolute atomic E-state index is 14.6. The molecule has 0 radical (unpaired) electrons.